The second-order valence-electron chi connectivity index (χ2n) is 5.79. The number of benzene rings is 2. The zero-order valence-electron chi connectivity index (χ0n) is 13.7. The van der Waals surface area contributed by atoms with Gasteiger partial charge in [0.05, 0.1) is 11.4 Å². The van der Waals surface area contributed by atoms with Crippen LogP contribution in [-0.2, 0) is 4.79 Å². The summed E-state index contributed by atoms with van der Waals surface area (Å²) in [5.74, 6) is -0.0945. The maximum atomic E-state index is 12.2. The van der Waals surface area contributed by atoms with E-state index in [4.69, 9.17) is 0 Å². The van der Waals surface area contributed by atoms with Crippen molar-refractivity contribution in [1.82, 2.24) is 0 Å². The van der Waals surface area contributed by atoms with Gasteiger partial charge in [-0.25, -0.2) is 0 Å². The quantitative estimate of drug-likeness (QED) is 0.620. The van der Waals surface area contributed by atoms with E-state index < -0.39 is 0 Å². The number of piperidine rings is 1. The third kappa shape index (κ3) is 4.65. The summed E-state index contributed by atoms with van der Waals surface area (Å²) in [7, 11) is 0. The van der Waals surface area contributed by atoms with Crippen molar-refractivity contribution in [2.24, 2.45) is 0 Å². The molecule has 0 unspecified atom stereocenters. The lowest BCUT2D eigenvalue weighted by Crippen LogP contribution is -2.30. The molecule has 3 rings (SSSR count). The van der Waals surface area contributed by atoms with Gasteiger partial charge in [0.15, 0.2) is 0 Å². The van der Waals surface area contributed by atoms with Crippen LogP contribution in [0, 0.1) is 0 Å². The molecule has 0 radical (unpaired) electrons. The fourth-order valence-corrected chi connectivity index (χ4v) is 3.50. The van der Waals surface area contributed by atoms with Crippen LogP contribution in [0.2, 0.25) is 0 Å². The molecule has 0 aliphatic carbocycles. The lowest BCUT2D eigenvalue weighted by atomic mass is 10.1. The molecule has 0 atom stereocenters. The Balaban J connectivity index is 1.62. The van der Waals surface area contributed by atoms with E-state index in [1.165, 1.54) is 31.0 Å². The third-order valence-electron chi connectivity index (χ3n) is 4.03. The Morgan fingerprint density at radius 3 is 2.46 bits per heavy atom. The van der Waals surface area contributed by atoms with E-state index in [0.29, 0.717) is 0 Å². The molecule has 2 aromatic rings. The number of anilines is 2. The van der Waals surface area contributed by atoms with Crippen LogP contribution >= 0.6 is 11.8 Å². The first kappa shape index (κ1) is 16.7. The third-order valence-corrected chi connectivity index (χ3v) is 4.84. The number of para-hydroxylation sites is 2. The average Bonchev–Trinajstić information content (AvgIpc) is 2.64. The smallest absolute Gasteiger partial charge is 0.248 e. The molecule has 0 aromatic heterocycles. The Hall–Kier alpha value is -2.20. The number of hydrogen-bond donors (Lipinski definition) is 1. The Morgan fingerprint density at radius 1 is 0.958 bits per heavy atom. The summed E-state index contributed by atoms with van der Waals surface area (Å²) in [6.07, 6.45) is 5.32. The molecule has 1 heterocycles. The molecular formula is C20H22N2OS. The average molecular weight is 338 g/mol. The minimum atomic E-state index is -0.0945. The molecule has 1 amide bonds. The molecule has 1 saturated heterocycles. The molecule has 1 aliphatic heterocycles. The Labute approximate surface area is 147 Å². The van der Waals surface area contributed by atoms with Crippen molar-refractivity contribution >= 4 is 29.0 Å². The highest BCUT2D eigenvalue weighted by atomic mass is 32.2. The van der Waals surface area contributed by atoms with Gasteiger partial charge in [0.1, 0.15) is 0 Å². The fourth-order valence-electron chi connectivity index (χ4n) is 2.84. The number of carbonyl (C=O) groups is 1. The van der Waals surface area contributed by atoms with Gasteiger partial charge in [-0.15, -0.1) is 0 Å². The summed E-state index contributed by atoms with van der Waals surface area (Å²) in [6.45, 7) is 2.12. The van der Waals surface area contributed by atoms with E-state index in [0.717, 1.165) is 29.4 Å². The Morgan fingerprint density at radius 2 is 1.67 bits per heavy atom. The van der Waals surface area contributed by atoms with E-state index in [1.807, 2.05) is 53.9 Å². The van der Waals surface area contributed by atoms with Crippen molar-refractivity contribution in [1.29, 1.82) is 0 Å². The van der Waals surface area contributed by atoms with Gasteiger partial charge in [0.2, 0.25) is 5.91 Å². The molecule has 1 N–H and O–H groups in total. The molecular weight excluding hydrogens is 316 g/mol. The van der Waals surface area contributed by atoms with Crippen LogP contribution in [0.5, 0.6) is 0 Å². The van der Waals surface area contributed by atoms with Crippen LogP contribution in [0.15, 0.2) is 71.0 Å². The van der Waals surface area contributed by atoms with Crippen LogP contribution in [0.3, 0.4) is 0 Å². The summed E-state index contributed by atoms with van der Waals surface area (Å²) < 4.78 is 0. The number of hydrogen-bond acceptors (Lipinski definition) is 3. The first-order valence-electron chi connectivity index (χ1n) is 8.36. The summed E-state index contributed by atoms with van der Waals surface area (Å²) in [5, 5.41) is 4.84. The maximum Gasteiger partial charge on any atom is 0.248 e. The zero-order valence-corrected chi connectivity index (χ0v) is 14.5. The molecule has 1 fully saturated rings. The molecule has 1 aliphatic rings. The predicted octanol–water partition coefficient (Wildman–Crippen LogP) is 4.92. The van der Waals surface area contributed by atoms with Crippen LogP contribution < -0.4 is 10.2 Å². The molecule has 0 bridgehead atoms. The SMILES string of the molecule is O=C(/C=C/Sc1ccccc1)Nc1ccccc1N1CCCCC1. The van der Waals surface area contributed by atoms with E-state index in [2.05, 4.69) is 16.3 Å². The largest absolute Gasteiger partial charge is 0.370 e. The Kier molecular flexibility index (Phi) is 5.96. The molecule has 24 heavy (non-hydrogen) atoms. The van der Waals surface area contributed by atoms with Gasteiger partial charge in [-0.05, 0) is 48.9 Å². The standard InChI is InChI=1S/C20H22N2OS/c23-20(13-16-24-17-9-3-1-4-10-17)21-18-11-5-6-12-19(18)22-14-7-2-8-15-22/h1,3-6,9-13,16H,2,7-8,14-15H2,(H,21,23)/b16-13+. The molecule has 3 nitrogen and oxygen atoms in total. The molecule has 0 spiro atoms. The normalized spacial score (nSPS) is 14.8. The van der Waals surface area contributed by atoms with E-state index in [9.17, 15) is 4.79 Å². The first-order valence-corrected chi connectivity index (χ1v) is 9.24. The van der Waals surface area contributed by atoms with Gasteiger partial charge in [0.25, 0.3) is 0 Å². The molecule has 124 valence electrons. The molecule has 0 saturated carbocycles. The lowest BCUT2D eigenvalue weighted by Gasteiger charge is -2.30. The van der Waals surface area contributed by atoms with Gasteiger partial charge >= 0.3 is 0 Å². The zero-order chi connectivity index (χ0) is 16.6. The fraction of sp³-hybridized carbons (Fsp3) is 0.250. The van der Waals surface area contributed by atoms with Gasteiger partial charge in [-0.2, -0.15) is 0 Å². The minimum Gasteiger partial charge on any atom is -0.370 e. The number of nitrogens with zero attached hydrogens (tertiary/aromatic N) is 1. The van der Waals surface area contributed by atoms with Gasteiger partial charge in [0, 0.05) is 24.1 Å². The first-order chi connectivity index (χ1) is 11.8. The Bertz CT molecular complexity index is 694. The van der Waals surface area contributed by atoms with Crippen molar-refractivity contribution in [3.63, 3.8) is 0 Å². The van der Waals surface area contributed by atoms with Crippen LogP contribution in [0.1, 0.15) is 19.3 Å². The highest BCUT2D eigenvalue weighted by molar-refractivity contribution is 8.02. The number of amides is 1. The number of thioether (sulfide) groups is 1. The number of nitrogens with one attached hydrogen (secondary N) is 1. The van der Waals surface area contributed by atoms with Crippen LogP contribution in [-0.4, -0.2) is 19.0 Å². The van der Waals surface area contributed by atoms with E-state index in [1.54, 1.807) is 6.08 Å². The van der Waals surface area contributed by atoms with Crippen LogP contribution in [0.25, 0.3) is 0 Å². The lowest BCUT2D eigenvalue weighted by molar-refractivity contribution is -0.111. The summed E-state index contributed by atoms with van der Waals surface area (Å²) in [6, 6.07) is 18.1. The van der Waals surface area contributed by atoms with Gasteiger partial charge in [-0.3, -0.25) is 4.79 Å². The second kappa shape index (κ2) is 8.60. The number of rotatable bonds is 5. The molecule has 4 heteroatoms. The highest BCUT2D eigenvalue weighted by Crippen LogP contribution is 2.28. The van der Waals surface area contributed by atoms with Gasteiger partial charge in [-0.1, -0.05) is 42.1 Å². The second-order valence-corrected chi connectivity index (χ2v) is 6.77. The predicted molar refractivity (Wildman–Crippen MR) is 103 cm³/mol. The summed E-state index contributed by atoms with van der Waals surface area (Å²) in [4.78, 5) is 15.7. The van der Waals surface area contributed by atoms with E-state index >= 15 is 0 Å². The molecule has 2 aromatic carbocycles. The van der Waals surface area contributed by atoms with Gasteiger partial charge < -0.3 is 10.2 Å². The minimum absolute atomic E-state index is 0.0945. The topological polar surface area (TPSA) is 32.3 Å². The van der Waals surface area contributed by atoms with Crippen molar-refractivity contribution in [3.8, 4) is 0 Å². The van der Waals surface area contributed by atoms with E-state index in [-0.39, 0.29) is 5.91 Å². The van der Waals surface area contributed by atoms with Crippen molar-refractivity contribution in [3.05, 3.63) is 66.1 Å². The van der Waals surface area contributed by atoms with Crippen molar-refractivity contribution < 1.29 is 4.79 Å². The monoisotopic (exact) mass is 338 g/mol. The summed E-state index contributed by atoms with van der Waals surface area (Å²) >= 11 is 1.54. The maximum absolute atomic E-state index is 12.2. The van der Waals surface area contributed by atoms with Crippen molar-refractivity contribution in [2.75, 3.05) is 23.3 Å². The van der Waals surface area contributed by atoms with Crippen LogP contribution in [0.4, 0.5) is 11.4 Å². The van der Waals surface area contributed by atoms with Crippen molar-refractivity contribution in [2.45, 2.75) is 24.2 Å². The summed E-state index contributed by atoms with van der Waals surface area (Å²) in [5.41, 5.74) is 2.01. The number of carbonyl (C=O) groups excluding carboxylic acids is 1. The highest BCUT2D eigenvalue weighted by Gasteiger charge is 2.14.